The van der Waals surface area contributed by atoms with Gasteiger partial charge in [0.05, 0.1) is 23.7 Å². The van der Waals surface area contributed by atoms with E-state index in [0.717, 1.165) is 9.80 Å². The second kappa shape index (κ2) is 14.4. The van der Waals surface area contributed by atoms with Crippen LogP contribution >= 0.6 is 0 Å². The number of hydrogen-bond donors (Lipinski definition) is 1. The largest absolute Gasteiger partial charge is 0.497 e. The fourth-order valence-electron chi connectivity index (χ4n) is 6.13. The van der Waals surface area contributed by atoms with Gasteiger partial charge < -0.3 is 19.5 Å². The number of β-lactam (4-membered cyclic amide) rings is 1. The van der Waals surface area contributed by atoms with Crippen molar-refractivity contribution in [3.63, 3.8) is 0 Å². The number of benzene rings is 3. The van der Waals surface area contributed by atoms with E-state index in [1.807, 2.05) is 60.7 Å². The average molecular weight is 712 g/mol. The molecule has 3 aliphatic heterocycles. The first-order valence-corrected chi connectivity index (χ1v) is 17.7. The number of hydrogen-bond acceptors (Lipinski definition) is 9. The fourth-order valence-corrected chi connectivity index (χ4v) is 7.76. The summed E-state index contributed by atoms with van der Waals surface area (Å²) in [6.07, 6.45) is -0.151. The SMILES string of the molecule is COc1ccc(C(=O)N2CC/C(=C\C3=C(C(=O)OC(c4ccccc4)c4ccccc4)N4C(=O)[C@@H](NC(=O)OC(C)(C)C)[C@H]4[S@](=O)C3)C2=O)cc1. The molecule has 1 N–H and O–H groups in total. The Hall–Kier alpha value is -5.56. The van der Waals surface area contributed by atoms with Gasteiger partial charge in [-0.2, -0.15) is 0 Å². The predicted molar refractivity (Wildman–Crippen MR) is 186 cm³/mol. The Morgan fingerprint density at radius 2 is 1.53 bits per heavy atom. The standard InChI is InChI=1S/C38H37N3O9S/c1-38(2,3)50-37(46)39-29-34(44)41-30(36(45)49-31(23-11-7-5-8-12-23)24-13-9-6-10-14-24)27(22-51(47)35(29)41)21-26-19-20-40(33(26)43)32(42)25-15-17-28(48-4)18-16-25/h5-18,21,29,31,35H,19-20,22H2,1-4H3,(H,39,46)/b26-21+/t29-,35-,51-/m1/s1. The van der Waals surface area contributed by atoms with Crippen molar-refractivity contribution in [1.29, 1.82) is 0 Å². The molecule has 2 fully saturated rings. The topological polar surface area (TPSA) is 149 Å². The van der Waals surface area contributed by atoms with E-state index in [9.17, 15) is 28.2 Å². The van der Waals surface area contributed by atoms with Gasteiger partial charge >= 0.3 is 12.1 Å². The maximum atomic E-state index is 14.3. The van der Waals surface area contributed by atoms with Gasteiger partial charge in [0.1, 0.15) is 28.5 Å². The van der Waals surface area contributed by atoms with Crippen LogP contribution < -0.4 is 10.1 Å². The maximum Gasteiger partial charge on any atom is 0.408 e. The van der Waals surface area contributed by atoms with Gasteiger partial charge in [0.2, 0.25) is 0 Å². The lowest BCUT2D eigenvalue weighted by atomic mass is 10.00. The number of carbonyl (C=O) groups is 5. The highest BCUT2D eigenvalue weighted by molar-refractivity contribution is 7.86. The van der Waals surface area contributed by atoms with E-state index < -0.39 is 63.7 Å². The molecule has 0 aliphatic carbocycles. The third kappa shape index (κ3) is 7.34. The molecule has 0 spiro atoms. The number of fused-ring (bicyclic) bond motifs is 1. The maximum absolute atomic E-state index is 14.3. The molecule has 12 nitrogen and oxygen atoms in total. The minimum absolute atomic E-state index is 0.0862. The summed E-state index contributed by atoms with van der Waals surface area (Å²) in [4.78, 5) is 69.7. The molecule has 0 unspecified atom stereocenters. The number of rotatable bonds is 8. The number of ether oxygens (including phenoxy) is 3. The molecule has 3 aromatic rings. The molecule has 264 valence electrons. The van der Waals surface area contributed by atoms with Gasteiger partial charge in [-0.25, -0.2) is 9.59 Å². The van der Waals surface area contributed by atoms with Crippen LogP contribution in [0.4, 0.5) is 4.79 Å². The van der Waals surface area contributed by atoms with Crippen LogP contribution in [0.2, 0.25) is 0 Å². The van der Waals surface area contributed by atoms with Gasteiger partial charge in [0.25, 0.3) is 17.7 Å². The molecular formula is C38H37N3O9S. The van der Waals surface area contributed by atoms with Crippen LogP contribution in [0.15, 0.2) is 108 Å². The number of likely N-dealkylation sites (tertiary alicyclic amines) is 1. The van der Waals surface area contributed by atoms with E-state index in [0.29, 0.717) is 16.9 Å². The van der Waals surface area contributed by atoms with E-state index in [4.69, 9.17) is 14.2 Å². The first-order valence-electron chi connectivity index (χ1n) is 16.3. The van der Waals surface area contributed by atoms with Gasteiger partial charge in [0, 0.05) is 17.7 Å². The monoisotopic (exact) mass is 711 g/mol. The second-order valence-corrected chi connectivity index (χ2v) is 14.7. The number of alkyl carbamates (subject to hydrolysis) is 1. The second-order valence-electron chi connectivity index (χ2n) is 13.1. The van der Waals surface area contributed by atoms with E-state index in [-0.39, 0.29) is 41.1 Å². The quantitative estimate of drug-likeness (QED) is 0.155. The summed E-state index contributed by atoms with van der Waals surface area (Å²) in [7, 11) is -0.305. The Balaban J connectivity index is 1.35. The Morgan fingerprint density at radius 3 is 2.10 bits per heavy atom. The predicted octanol–water partition coefficient (Wildman–Crippen LogP) is 4.40. The molecule has 0 saturated carbocycles. The molecule has 51 heavy (non-hydrogen) atoms. The third-order valence-electron chi connectivity index (χ3n) is 8.51. The lowest BCUT2D eigenvalue weighted by Gasteiger charge is -2.49. The van der Waals surface area contributed by atoms with Crippen molar-refractivity contribution in [3.8, 4) is 5.75 Å². The molecule has 2 saturated heterocycles. The van der Waals surface area contributed by atoms with Crippen LogP contribution in [0.3, 0.4) is 0 Å². The third-order valence-corrected chi connectivity index (χ3v) is 10.1. The van der Waals surface area contributed by atoms with Crippen molar-refractivity contribution in [3.05, 3.63) is 125 Å². The minimum atomic E-state index is -1.81. The first-order chi connectivity index (χ1) is 24.4. The van der Waals surface area contributed by atoms with Gasteiger partial charge in [-0.05, 0) is 74.2 Å². The van der Waals surface area contributed by atoms with E-state index in [2.05, 4.69) is 5.32 Å². The van der Waals surface area contributed by atoms with E-state index in [1.165, 1.54) is 13.2 Å². The Labute approximate surface area is 297 Å². The molecule has 0 bridgehead atoms. The summed E-state index contributed by atoms with van der Waals surface area (Å²) in [5, 5.41) is 1.41. The number of carbonyl (C=O) groups excluding carboxylic acids is 5. The summed E-state index contributed by atoms with van der Waals surface area (Å²) in [6.45, 7) is 5.09. The summed E-state index contributed by atoms with van der Waals surface area (Å²) in [5.41, 5.74) is 0.934. The zero-order valence-electron chi connectivity index (χ0n) is 28.5. The number of amides is 4. The van der Waals surface area contributed by atoms with Crippen molar-refractivity contribution in [1.82, 2.24) is 15.1 Å². The zero-order chi connectivity index (χ0) is 36.4. The van der Waals surface area contributed by atoms with Crippen molar-refractivity contribution < 1.29 is 42.4 Å². The Morgan fingerprint density at radius 1 is 0.922 bits per heavy atom. The Kier molecular flexibility index (Phi) is 9.93. The minimum Gasteiger partial charge on any atom is -0.497 e. The van der Waals surface area contributed by atoms with Crippen LogP contribution in [0, 0.1) is 0 Å². The number of methoxy groups -OCH3 is 1. The highest BCUT2D eigenvalue weighted by atomic mass is 32.2. The smallest absolute Gasteiger partial charge is 0.408 e. The highest BCUT2D eigenvalue weighted by Gasteiger charge is 2.58. The van der Waals surface area contributed by atoms with Crippen molar-refractivity contribution >= 4 is 40.6 Å². The van der Waals surface area contributed by atoms with Crippen LogP contribution in [0.25, 0.3) is 0 Å². The van der Waals surface area contributed by atoms with Gasteiger partial charge in [-0.15, -0.1) is 0 Å². The normalized spacial score (nSPS) is 21.0. The van der Waals surface area contributed by atoms with Gasteiger partial charge in [0.15, 0.2) is 6.10 Å². The van der Waals surface area contributed by atoms with E-state index in [1.54, 1.807) is 45.0 Å². The molecule has 3 aliphatic rings. The molecule has 0 aromatic heterocycles. The summed E-state index contributed by atoms with van der Waals surface area (Å²) in [6, 6.07) is 23.3. The summed E-state index contributed by atoms with van der Waals surface area (Å²) < 4.78 is 30.4. The number of imide groups is 1. The number of nitrogens with zero attached hydrogens (tertiary/aromatic N) is 2. The van der Waals surface area contributed by atoms with Gasteiger partial charge in [-0.3, -0.25) is 28.4 Å². The molecule has 3 atom stereocenters. The average Bonchev–Trinajstić information content (AvgIpc) is 3.48. The van der Waals surface area contributed by atoms with Crippen molar-refractivity contribution in [2.75, 3.05) is 19.4 Å². The molecular weight excluding hydrogens is 674 g/mol. The number of nitrogens with one attached hydrogen (secondary N) is 1. The molecule has 0 radical (unpaired) electrons. The van der Waals surface area contributed by atoms with Crippen molar-refractivity contribution in [2.24, 2.45) is 0 Å². The number of esters is 1. The zero-order valence-corrected chi connectivity index (χ0v) is 29.3. The molecule has 3 heterocycles. The lowest BCUT2D eigenvalue weighted by Crippen LogP contribution is -2.73. The molecule has 4 amide bonds. The first kappa shape index (κ1) is 35.3. The lowest BCUT2D eigenvalue weighted by molar-refractivity contribution is -0.153. The summed E-state index contributed by atoms with van der Waals surface area (Å²) in [5.74, 6) is -2.32. The fraction of sp³-hybridized carbons (Fsp3) is 0.289. The van der Waals surface area contributed by atoms with Crippen LogP contribution in [-0.4, -0.2) is 80.2 Å². The van der Waals surface area contributed by atoms with Crippen LogP contribution in [-0.2, 0) is 34.7 Å². The number of allylic oxidation sites excluding steroid dienone is 1. The molecule has 6 rings (SSSR count). The van der Waals surface area contributed by atoms with Crippen molar-refractivity contribution in [2.45, 2.75) is 50.3 Å². The highest BCUT2D eigenvalue weighted by Crippen LogP contribution is 2.38. The summed E-state index contributed by atoms with van der Waals surface area (Å²) >= 11 is 0. The van der Waals surface area contributed by atoms with E-state index >= 15 is 0 Å². The van der Waals surface area contributed by atoms with Crippen LogP contribution in [0.1, 0.15) is 54.8 Å². The molecule has 3 aromatic carbocycles. The van der Waals surface area contributed by atoms with Gasteiger partial charge in [-0.1, -0.05) is 60.7 Å². The molecule has 13 heteroatoms. The Bertz CT molecular complexity index is 1910. The van der Waals surface area contributed by atoms with Crippen LogP contribution in [0.5, 0.6) is 5.75 Å².